The third kappa shape index (κ3) is 4.34. The Morgan fingerprint density at radius 1 is 1.23 bits per heavy atom. The summed E-state index contributed by atoms with van der Waals surface area (Å²) in [5, 5.41) is 2.91. The Morgan fingerprint density at radius 2 is 1.91 bits per heavy atom. The number of sulfonamides is 1. The molecular weight excluding hydrogens is 300 g/mol. The number of benzene rings is 1. The number of hydrogen-bond acceptors (Lipinski definition) is 3. The number of allylic oxidation sites excluding steroid dienone is 1. The number of amides is 1. The van der Waals surface area contributed by atoms with E-state index in [1.165, 1.54) is 29.8 Å². The first-order valence-corrected chi connectivity index (χ1v) is 9.23. The molecule has 1 aliphatic carbocycles. The van der Waals surface area contributed by atoms with Crippen molar-refractivity contribution in [2.75, 3.05) is 24.2 Å². The monoisotopic (exact) mass is 322 g/mol. The molecule has 1 aliphatic rings. The van der Waals surface area contributed by atoms with Gasteiger partial charge >= 0.3 is 0 Å². The maximum absolute atomic E-state index is 12.1. The Labute approximate surface area is 132 Å². The van der Waals surface area contributed by atoms with Crippen molar-refractivity contribution in [1.29, 1.82) is 0 Å². The van der Waals surface area contributed by atoms with Gasteiger partial charge in [-0.05, 0) is 49.9 Å². The third-order valence-electron chi connectivity index (χ3n) is 3.85. The molecule has 0 aromatic heterocycles. The summed E-state index contributed by atoms with van der Waals surface area (Å²) in [4.78, 5) is 12.1. The molecule has 1 aromatic rings. The molecule has 6 heteroatoms. The number of nitrogens with zero attached hydrogens (tertiary/aromatic N) is 1. The van der Waals surface area contributed by atoms with Gasteiger partial charge in [0.25, 0.3) is 5.91 Å². The lowest BCUT2D eigenvalue weighted by atomic mass is 9.99. The van der Waals surface area contributed by atoms with Gasteiger partial charge in [0.2, 0.25) is 10.0 Å². The molecule has 5 nitrogen and oxygen atoms in total. The Bertz CT molecular complexity index is 663. The fourth-order valence-corrected chi connectivity index (χ4v) is 2.88. The van der Waals surface area contributed by atoms with Crippen molar-refractivity contribution in [3.63, 3.8) is 0 Å². The molecule has 0 aliphatic heterocycles. The number of anilines is 1. The number of nitrogens with one attached hydrogen (secondary N) is 1. The summed E-state index contributed by atoms with van der Waals surface area (Å²) in [5.74, 6) is -0.139. The summed E-state index contributed by atoms with van der Waals surface area (Å²) in [6.45, 7) is 0.587. The van der Waals surface area contributed by atoms with Gasteiger partial charge in [0.15, 0.2) is 0 Å². The first-order valence-electron chi connectivity index (χ1n) is 7.38. The number of hydrogen-bond donors (Lipinski definition) is 1. The van der Waals surface area contributed by atoms with Crippen molar-refractivity contribution in [3.8, 4) is 0 Å². The van der Waals surface area contributed by atoms with Gasteiger partial charge in [-0.1, -0.05) is 11.6 Å². The summed E-state index contributed by atoms with van der Waals surface area (Å²) in [6.07, 6.45) is 7.91. The van der Waals surface area contributed by atoms with Crippen molar-refractivity contribution in [1.82, 2.24) is 5.32 Å². The Morgan fingerprint density at radius 3 is 2.45 bits per heavy atom. The molecule has 0 saturated heterocycles. The minimum absolute atomic E-state index is 0.139. The molecule has 0 spiro atoms. The van der Waals surface area contributed by atoms with Gasteiger partial charge in [-0.25, -0.2) is 8.42 Å². The number of carbonyl (C=O) groups is 1. The highest BCUT2D eigenvalue weighted by Crippen LogP contribution is 2.18. The predicted octanol–water partition coefficient (Wildman–Crippen LogP) is 2.31. The van der Waals surface area contributed by atoms with Gasteiger partial charge in [0.05, 0.1) is 11.9 Å². The average Bonchev–Trinajstić information content (AvgIpc) is 2.52. The van der Waals surface area contributed by atoms with Crippen LogP contribution in [0.15, 0.2) is 35.9 Å². The van der Waals surface area contributed by atoms with E-state index in [9.17, 15) is 13.2 Å². The van der Waals surface area contributed by atoms with Crippen LogP contribution in [0, 0.1) is 0 Å². The second-order valence-electron chi connectivity index (χ2n) is 5.57. The Hall–Kier alpha value is -1.82. The van der Waals surface area contributed by atoms with Crippen LogP contribution in [-0.4, -0.2) is 34.2 Å². The number of carbonyl (C=O) groups excluding carboxylic acids is 1. The van der Waals surface area contributed by atoms with Crippen LogP contribution >= 0.6 is 0 Å². The lowest BCUT2D eigenvalue weighted by Gasteiger charge is -2.17. The SMILES string of the molecule is CN(c1ccc(C(=O)NCC2=CCCCC2)cc1)S(C)(=O)=O. The zero-order chi connectivity index (χ0) is 16.2. The molecule has 0 fully saturated rings. The van der Waals surface area contributed by atoms with E-state index < -0.39 is 10.0 Å². The van der Waals surface area contributed by atoms with Crippen LogP contribution in [0.3, 0.4) is 0 Å². The first-order chi connectivity index (χ1) is 10.4. The van der Waals surface area contributed by atoms with Gasteiger partial charge in [-0.3, -0.25) is 9.10 Å². The third-order valence-corrected chi connectivity index (χ3v) is 5.06. The normalized spacial score (nSPS) is 15.1. The van der Waals surface area contributed by atoms with Gasteiger partial charge in [-0.2, -0.15) is 0 Å². The maximum atomic E-state index is 12.1. The van der Waals surface area contributed by atoms with Crippen LogP contribution in [0.5, 0.6) is 0 Å². The molecular formula is C16H22N2O3S. The van der Waals surface area contributed by atoms with Gasteiger partial charge in [0.1, 0.15) is 0 Å². The Balaban J connectivity index is 1.97. The summed E-state index contributed by atoms with van der Waals surface area (Å²) < 4.78 is 24.1. The smallest absolute Gasteiger partial charge is 0.251 e. The second-order valence-corrected chi connectivity index (χ2v) is 7.58. The highest BCUT2D eigenvalue weighted by molar-refractivity contribution is 7.92. The molecule has 1 aromatic carbocycles. The zero-order valence-corrected chi connectivity index (χ0v) is 13.8. The molecule has 22 heavy (non-hydrogen) atoms. The van der Waals surface area contributed by atoms with Gasteiger partial charge < -0.3 is 5.32 Å². The Kier molecular flexibility index (Phi) is 5.24. The molecule has 0 radical (unpaired) electrons. The minimum Gasteiger partial charge on any atom is -0.348 e. The molecule has 1 N–H and O–H groups in total. The maximum Gasteiger partial charge on any atom is 0.251 e. The molecule has 0 heterocycles. The van der Waals surface area contributed by atoms with Crippen LogP contribution in [0.2, 0.25) is 0 Å². The van der Waals surface area contributed by atoms with Crippen molar-refractivity contribution in [2.45, 2.75) is 25.7 Å². The lowest BCUT2D eigenvalue weighted by Crippen LogP contribution is -2.27. The van der Waals surface area contributed by atoms with E-state index >= 15 is 0 Å². The highest BCUT2D eigenvalue weighted by atomic mass is 32.2. The summed E-state index contributed by atoms with van der Waals surface area (Å²) >= 11 is 0. The van der Waals surface area contributed by atoms with Gasteiger partial charge in [-0.15, -0.1) is 0 Å². The van der Waals surface area contributed by atoms with Crippen LogP contribution in [0.4, 0.5) is 5.69 Å². The van der Waals surface area contributed by atoms with Crippen LogP contribution in [0.25, 0.3) is 0 Å². The van der Waals surface area contributed by atoms with Crippen molar-refractivity contribution in [2.24, 2.45) is 0 Å². The fraction of sp³-hybridized carbons (Fsp3) is 0.438. The lowest BCUT2D eigenvalue weighted by molar-refractivity contribution is 0.0956. The topological polar surface area (TPSA) is 66.5 Å². The summed E-state index contributed by atoms with van der Waals surface area (Å²) in [5.41, 5.74) is 2.35. The van der Waals surface area contributed by atoms with E-state index in [4.69, 9.17) is 0 Å². The van der Waals surface area contributed by atoms with Crippen LogP contribution in [-0.2, 0) is 10.0 Å². The first kappa shape index (κ1) is 16.5. The van der Waals surface area contributed by atoms with Crippen LogP contribution < -0.4 is 9.62 Å². The van der Waals surface area contributed by atoms with E-state index in [1.807, 2.05) is 0 Å². The van der Waals surface area contributed by atoms with E-state index in [1.54, 1.807) is 24.3 Å². The predicted molar refractivity (Wildman–Crippen MR) is 88.6 cm³/mol. The molecule has 0 saturated carbocycles. The van der Waals surface area contributed by atoms with Crippen molar-refractivity contribution in [3.05, 3.63) is 41.5 Å². The average molecular weight is 322 g/mol. The molecule has 1 amide bonds. The van der Waals surface area contributed by atoms with Crippen molar-refractivity contribution < 1.29 is 13.2 Å². The molecule has 2 rings (SSSR count). The molecule has 0 bridgehead atoms. The number of rotatable bonds is 5. The largest absolute Gasteiger partial charge is 0.348 e. The molecule has 0 atom stereocenters. The minimum atomic E-state index is -3.29. The quantitative estimate of drug-likeness (QED) is 0.846. The van der Waals surface area contributed by atoms with E-state index in [0.717, 1.165) is 19.1 Å². The van der Waals surface area contributed by atoms with E-state index in [0.29, 0.717) is 17.8 Å². The second kappa shape index (κ2) is 6.96. The van der Waals surface area contributed by atoms with Crippen molar-refractivity contribution >= 4 is 21.6 Å². The summed E-state index contributed by atoms with van der Waals surface area (Å²) in [6, 6.07) is 6.55. The highest BCUT2D eigenvalue weighted by Gasteiger charge is 2.13. The summed E-state index contributed by atoms with van der Waals surface area (Å²) in [7, 11) is -1.80. The standard InChI is InChI=1S/C16H22N2O3S/c1-18(22(2,20)21)15-10-8-14(9-11-15)16(19)17-12-13-6-4-3-5-7-13/h6,8-11H,3-5,7,12H2,1-2H3,(H,17,19). The molecule has 120 valence electrons. The fourth-order valence-electron chi connectivity index (χ4n) is 2.38. The van der Waals surface area contributed by atoms with E-state index in [2.05, 4.69) is 11.4 Å². The molecule has 0 unspecified atom stereocenters. The van der Waals surface area contributed by atoms with Gasteiger partial charge in [0, 0.05) is 19.2 Å². The zero-order valence-electron chi connectivity index (χ0n) is 13.0. The van der Waals surface area contributed by atoms with E-state index in [-0.39, 0.29) is 5.91 Å². The van der Waals surface area contributed by atoms with Crippen LogP contribution in [0.1, 0.15) is 36.0 Å².